The number of halogens is 1. The summed E-state index contributed by atoms with van der Waals surface area (Å²) in [5, 5.41) is 3.13. The quantitative estimate of drug-likeness (QED) is 0.827. The van der Waals surface area contributed by atoms with Gasteiger partial charge in [-0.05, 0) is 17.7 Å². The number of carbonyl (C=O) groups is 1. The highest BCUT2D eigenvalue weighted by atomic mass is 32.2. The van der Waals surface area contributed by atoms with Crippen LogP contribution in [0.5, 0.6) is 0 Å². The summed E-state index contributed by atoms with van der Waals surface area (Å²) in [6, 6.07) is 5.30. The van der Waals surface area contributed by atoms with Crippen molar-refractivity contribution in [2.45, 2.75) is 5.75 Å². The average Bonchev–Trinajstić information content (AvgIpc) is 2.50. The third-order valence-corrected chi connectivity index (χ3v) is 5.34. The summed E-state index contributed by atoms with van der Waals surface area (Å²) < 4.78 is 38.4. The first kappa shape index (κ1) is 16.9. The molecule has 0 radical (unpaired) electrons. The zero-order valence-corrected chi connectivity index (χ0v) is 13.3. The fourth-order valence-electron chi connectivity index (χ4n) is 2.20. The molecular weight excluding hydrogens is 309 g/mol. The zero-order valence-electron chi connectivity index (χ0n) is 12.5. The molecular formula is C14H20FN3O3S. The summed E-state index contributed by atoms with van der Waals surface area (Å²) in [6.07, 6.45) is 0. The van der Waals surface area contributed by atoms with E-state index in [0.717, 1.165) is 17.4 Å². The molecule has 22 heavy (non-hydrogen) atoms. The first-order valence-electron chi connectivity index (χ1n) is 7.05. The van der Waals surface area contributed by atoms with Crippen LogP contribution in [0.2, 0.25) is 0 Å². The molecule has 0 bridgehead atoms. The molecule has 1 heterocycles. The van der Waals surface area contributed by atoms with Crippen LogP contribution in [0.3, 0.4) is 0 Å². The van der Waals surface area contributed by atoms with E-state index in [4.69, 9.17) is 0 Å². The van der Waals surface area contributed by atoms with Gasteiger partial charge in [0.1, 0.15) is 5.82 Å². The smallest absolute Gasteiger partial charge is 0.237 e. The first-order valence-corrected chi connectivity index (χ1v) is 8.66. The topological polar surface area (TPSA) is 69.7 Å². The van der Waals surface area contributed by atoms with Gasteiger partial charge in [-0.25, -0.2) is 12.8 Å². The van der Waals surface area contributed by atoms with E-state index >= 15 is 0 Å². The molecule has 0 atom stereocenters. The molecule has 1 aliphatic heterocycles. The fourth-order valence-corrected chi connectivity index (χ4v) is 3.35. The van der Waals surface area contributed by atoms with Gasteiger partial charge >= 0.3 is 0 Å². The van der Waals surface area contributed by atoms with E-state index < -0.39 is 15.8 Å². The van der Waals surface area contributed by atoms with Crippen LogP contribution in [0.25, 0.3) is 0 Å². The Morgan fingerprint density at radius 1 is 1.27 bits per heavy atom. The van der Waals surface area contributed by atoms with Gasteiger partial charge in [0.25, 0.3) is 0 Å². The highest BCUT2D eigenvalue weighted by Crippen LogP contribution is 2.11. The maximum Gasteiger partial charge on any atom is 0.237 e. The summed E-state index contributed by atoms with van der Waals surface area (Å²) in [5.41, 5.74) is 0.489. The van der Waals surface area contributed by atoms with E-state index in [0.29, 0.717) is 18.7 Å². The van der Waals surface area contributed by atoms with Crippen LogP contribution in [-0.2, 0) is 20.6 Å². The maximum atomic E-state index is 12.8. The lowest BCUT2D eigenvalue weighted by atomic mass is 10.2. The van der Waals surface area contributed by atoms with E-state index in [1.807, 2.05) is 0 Å². The fraction of sp³-hybridized carbons (Fsp3) is 0.500. The van der Waals surface area contributed by atoms with Gasteiger partial charge in [-0.2, -0.15) is 4.31 Å². The Bertz CT molecular complexity index is 613. The molecule has 0 saturated carbocycles. The summed E-state index contributed by atoms with van der Waals surface area (Å²) in [7, 11) is -2.22. The lowest BCUT2D eigenvalue weighted by Crippen LogP contribution is -2.49. The van der Waals surface area contributed by atoms with Gasteiger partial charge in [0.2, 0.25) is 15.9 Å². The second-order valence-corrected chi connectivity index (χ2v) is 7.35. The standard InChI is InChI=1S/C14H20FN3O3S/c1-17(10-14(19)18-8-6-16-7-9-18)22(20,21)11-12-2-4-13(15)5-3-12/h2-5,16H,6-11H2,1H3. The number of likely N-dealkylation sites (N-methyl/N-ethyl adjacent to an activating group) is 1. The van der Waals surface area contributed by atoms with Crippen LogP contribution in [0.15, 0.2) is 24.3 Å². The van der Waals surface area contributed by atoms with Crippen molar-refractivity contribution in [2.24, 2.45) is 0 Å². The van der Waals surface area contributed by atoms with Gasteiger partial charge in [-0.3, -0.25) is 4.79 Å². The van der Waals surface area contributed by atoms with Crippen molar-refractivity contribution < 1.29 is 17.6 Å². The van der Waals surface area contributed by atoms with Gasteiger partial charge in [-0.15, -0.1) is 0 Å². The Morgan fingerprint density at radius 2 is 1.86 bits per heavy atom. The van der Waals surface area contributed by atoms with Gasteiger partial charge in [0, 0.05) is 33.2 Å². The number of nitrogens with one attached hydrogen (secondary N) is 1. The molecule has 1 amide bonds. The number of sulfonamides is 1. The Labute approximate surface area is 130 Å². The Hall–Kier alpha value is -1.51. The van der Waals surface area contributed by atoms with Crippen LogP contribution in [0, 0.1) is 5.82 Å². The lowest BCUT2D eigenvalue weighted by Gasteiger charge is -2.29. The number of piperazine rings is 1. The largest absolute Gasteiger partial charge is 0.339 e. The number of nitrogens with zero attached hydrogens (tertiary/aromatic N) is 2. The van der Waals surface area contributed by atoms with Crippen LogP contribution < -0.4 is 5.32 Å². The normalized spacial score (nSPS) is 16.0. The molecule has 8 heteroatoms. The van der Waals surface area contributed by atoms with Crippen molar-refractivity contribution >= 4 is 15.9 Å². The molecule has 0 unspecified atom stereocenters. The molecule has 1 aromatic carbocycles. The monoisotopic (exact) mass is 329 g/mol. The van der Waals surface area contributed by atoms with Gasteiger partial charge in [0.05, 0.1) is 12.3 Å². The van der Waals surface area contributed by atoms with E-state index in [9.17, 15) is 17.6 Å². The van der Waals surface area contributed by atoms with Gasteiger partial charge < -0.3 is 10.2 Å². The maximum absolute atomic E-state index is 12.8. The minimum absolute atomic E-state index is 0.177. The van der Waals surface area contributed by atoms with Crippen LogP contribution in [-0.4, -0.2) is 63.3 Å². The number of carbonyl (C=O) groups excluding carboxylic acids is 1. The van der Waals surface area contributed by atoms with Crippen molar-refractivity contribution in [2.75, 3.05) is 39.8 Å². The molecule has 1 aromatic rings. The molecule has 2 rings (SSSR count). The van der Waals surface area contributed by atoms with Crippen LogP contribution in [0.4, 0.5) is 4.39 Å². The number of hydrogen-bond donors (Lipinski definition) is 1. The predicted octanol–water partition coefficient (Wildman–Crippen LogP) is 0.0191. The summed E-state index contributed by atoms with van der Waals surface area (Å²) >= 11 is 0. The Kier molecular flexibility index (Phi) is 5.49. The first-order chi connectivity index (χ1) is 10.4. The molecule has 1 N–H and O–H groups in total. The molecule has 0 spiro atoms. The van der Waals surface area contributed by atoms with Gasteiger partial charge in [0.15, 0.2) is 0 Å². The molecule has 1 fully saturated rings. The van der Waals surface area contributed by atoms with Crippen molar-refractivity contribution in [3.8, 4) is 0 Å². The van der Waals surface area contributed by atoms with Crippen molar-refractivity contribution in [3.63, 3.8) is 0 Å². The van der Waals surface area contributed by atoms with E-state index in [-0.39, 0.29) is 18.2 Å². The second-order valence-electron chi connectivity index (χ2n) is 5.27. The lowest BCUT2D eigenvalue weighted by molar-refractivity contribution is -0.131. The SMILES string of the molecule is CN(CC(=O)N1CCNCC1)S(=O)(=O)Cc1ccc(F)cc1. The average molecular weight is 329 g/mol. The van der Waals surface area contributed by atoms with Crippen molar-refractivity contribution in [1.29, 1.82) is 0 Å². The minimum atomic E-state index is -3.61. The van der Waals surface area contributed by atoms with E-state index in [2.05, 4.69) is 5.32 Å². The number of hydrogen-bond acceptors (Lipinski definition) is 4. The zero-order chi connectivity index (χ0) is 16.2. The summed E-state index contributed by atoms with van der Waals surface area (Å²) in [6.45, 7) is 2.44. The molecule has 6 nitrogen and oxygen atoms in total. The summed E-state index contributed by atoms with van der Waals surface area (Å²) in [5.74, 6) is -0.867. The molecule has 1 aliphatic rings. The molecule has 122 valence electrons. The third kappa shape index (κ3) is 4.49. The highest BCUT2D eigenvalue weighted by molar-refractivity contribution is 7.88. The molecule has 1 saturated heterocycles. The van der Waals surface area contributed by atoms with Crippen LogP contribution in [0.1, 0.15) is 5.56 Å². The number of rotatable bonds is 5. The van der Waals surface area contributed by atoms with E-state index in [1.54, 1.807) is 4.90 Å². The summed E-state index contributed by atoms with van der Waals surface area (Å²) in [4.78, 5) is 13.7. The van der Waals surface area contributed by atoms with Crippen molar-refractivity contribution in [3.05, 3.63) is 35.6 Å². The molecule has 0 aromatic heterocycles. The minimum Gasteiger partial charge on any atom is -0.339 e. The second kappa shape index (κ2) is 7.17. The Balaban J connectivity index is 1.96. The third-order valence-electron chi connectivity index (χ3n) is 3.56. The number of amides is 1. The number of benzene rings is 1. The molecule has 0 aliphatic carbocycles. The van der Waals surface area contributed by atoms with Crippen LogP contribution >= 0.6 is 0 Å². The highest BCUT2D eigenvalue weighted by Gasteiger charge is 2.24. The van der Waals surface area contributed by atoms with Crippen molar-refractivity contribution in [1.82, 2.24) is 14.5 Å². The predicted molar refractivity (Wildman–Crippen MR) is 81.1 cm³/mol. The van der Waals surface area contributed by atoms with E-state index in [1.165, 1.54) is 31.3 Å². The van der Waals surface area contributed by atoms with Gasteiger partial charge in [-0.1, -0.05) is 12.1 Å². The Morgan fingerprint density at radius 3 is 2.45 bits per heavy atom.